The third-order valence-electron chi connectivity index (χ3n) is 6.43. The molecule has 0 unspecified atom stereocenters. The van der Waals surface area contributed by atoms with Crippen molar-refractivity contribution in [2.24, 2.45) is 22.6 Å². The number of nitrogens with two attached hydrogens (primary N) is 1. The second-order valence-corrected chi connectivity index (χ2v) is 9.88. The third kappa shape index (κ3) is 6.76. The van der Waals surface area contributed by atoms with Gasteiger partial charge in [0.05, 0.1) is 17.1 Å². The molecule has 2 aromatic rings. The van der Waals surface area contributed by atoms with Crippen LogP contribution >= 0.6 is 0 Å². The molecule has 1 heterocycles. The fourth-order valence-electron chi connectivity index (χ4n) is 4.67. The molecule has 0 spiro atoms. The molecule has 1 saturated carbocycles. The fourth-order valence-corrected chi connectivity index (χ4v) is 4.67. The molecule has 0 atom stereocenters. The van der Waals surface area contributed by atoms with E-state index in [-0.39, 0.29) is 0 Å². The number of hydrogen-bond acceptors (Lipinski definition) is 5. The molecule has 5 heteroatoms. The van der Waals surface area contributed by atoms with Gasteiger partial charge in [0.25, 0.3) is 0 Å². The molecule has 0 aliphatic heterocycles. The number of nitrogens with one attached hydrogen (secondary N) is 1. The SMILES string of the molecule is C=C/C(=C\N(C)C)c1cccc(-c2ccc(/C(C=NC)=C/C(=C)C)c(C(=N)CC3CC(CN)C3)n2)c1. The van der Waals surface area contributed by atoms with E-state index in [0.29, 0.717) is 29.7 Å². The molecule has 0 amide bonds. The Morgan fingerprint density at radius 3 is 2.56 bits per heavy atom. The lowest BCUT2D eigenvalue weighted by Gasteiger charge is -2.34. The van der Waals surface area contributed by atoms with Crippen LogP contribution in [-0.4, -0.2) is 49.5 Å². The molecule has 0 bridgehead atoms. The average molecular weight is 482 g/mol. The Bertz CT molecular complexity index is 1210. The molecule has 1 aromatic heterocycles. The molecule has 3 N–H and O–H groups in total. The van der Waals surface area contributed by atoms with Gasteiger partial charge >= 0.3 is 0 Å². The minimum atomic E-state index is 0.493. The average Bonchev–Trinajstić information content (AvgIpc) is 2.83. The van der Waals surface area contributed by atoms with Gasteiger partial charge in [0, 0.05) is 50.3 Å². The van der Waals surface area contributed by atoms with Gasteiger partial charge in [0.2, 0.25) is 0 Å². The van der Waals surface area contributed by atoms with Crippen molar-refractivity contribution in [3.63, 3.8) is 0 Å². The van der Waals surface area contributed by atoms with Crippen molar-refractivity contribution in [2.75, 3.05) is 27.7 Å². The van der Waals surface area contributed by atoms with Crippen molar-refractivity contribution < 1.29 is 0 Å². The first-order valence-electron chi connectivity index (χ1n) is 12.5. The lowest BCUT2D eigenvalue weighted by molar-refractivity contribution is 0.207. The van der Waals surface area contributed by atoms with Crippen LogP contribution in [0.1, 0.15) is 43.0 Å². The summed E-state index contributed by atoms with van der Waals surface area (Å²) in [6, 6.07) is 12.4. The highest BCUT2D eigenvalue weighted by Crippen LogP contribution is 2.37. The van der Waals surface area contributed by atoms with Crippen LogP contribution in [0.5, 0.6) is 0 Å². The van der Waals surface area contributed by atoms with Gasteiger partial charge in [0.15, 0.2) is 0 Å². The predicted molar refractivity (Wildman–Crippen MR) is 155 cm³/mol. The van der Waals surface area contributed by atoms with Crippen molar-refractivity contribution in [1.82, 2.24) is 9.88 Å². The van der Waals surface area contributed by atoms with Crippen molar-refractivity contribution >= 4 is 23.1 Å². The maximum absolute atomic E-state index is 9.03. The summed E-state index contributed by atoms with van der Waals surface area (Å²) in [5, 5.41) is 9.03. The number of aromatic nitrogens is 1. The Morgan fingerprint density at radius 1 is 1.19 bits per heavy atom. The smallest absolute Gasteiger partial charge is 0.0923 e. The molecule has 3 rings (SSSR count). The van der Waals surface area contributed by atoms with Gasteiger partial charge in [-0.25, -0.2) is 4.98 Å². The first-order valence-corrected chi connectivity index (χ1v) is 12.5. The molecule has 0 radical (unpaired) electrons. The van der Waals surface area contributed by atoms with E-state index in [1.807, 2.05) is 56.4 Å². The zero-order valence-electron chi connectivity index (χ0n) is 22.1. The summed E-state index contributed by atoms with van der Waals surface area (Å²) in [6.45, 7) is 10.7. The van der Waals surface area contributed by atoms with Gasteiger partial charge in [-0.15, -0.1) is 0 Å². The molecule has 5 nitrogen and oxygen atoms in total. The minimum Gasteiger partial charge on any atom is -0.383 e. The maximum atomic E-state index is 9.03. The van der Waals surface area contributed by atoms with E-state index >= 15 is 0 Å². The first kappa shape index (κ1) is 27.0. The van der Waals surface area contributed by atoms with E-state index in [0.717, 1.165) is 58.5 Å². The van der Waals surface area contributed by atoms with Crippen molar-refractivity contribution in [2.45, 2.75) is 26.2 Å². The molecular weight excluding hydrogens is 442 g/mol. The summed E-state index contributed by atoms with van der Waals surface area (Å²) in [4.78, 5) is 11.3. The monoisotopic (exact) mass is 481 g/mol. The molecule has 1 aromatic carbocycles. The molecule has 1 aliphatic rings. The standard InChI is InChI=1S/C31H39N5/c1-7-24(20-36(5)6)25-9-8-10-26(17-25)30-12-11-28(27(19-34-4)13-21(2)3)31(35-30)29(33)16-22-14-23(15-22)18-32/h7-13,17,19-20,22-23,33H,1-2,14-16,18,32H2,3-6H3/b24-20+,27-13+,33-29?,34-19?. The molecule has 36 heavy (non-hydrogen) atoms. The summed E-state index contributed by atoms with van der Waals surface area (Å²) < 4.78 is 0. The van der Waals surface area contributed by atoms with Crippen molar-refractivity contribution in [3.8, 4) is 11.3 Å². The van der Waals surface area contributed by atoms with Crippen LogP contribution in [0, 0.1) is 17.2 Å². The Balaban J connectivity index is 2.07. The Kier molecular flexibility index (Phi) is 9.31. The zero-order valence-corrected chi connectivity index (χ0v) is 22.1. The van der Waals surface area contributed by atoms with Crippen LogP contribution in [-0.2, 0) is 0 Å². The van der Waals surface area contributed by atoms with Gasteiger partial charge in [-0.05, 0) is 73.9 Å². The van der Waals surface area contributed by atoms with Gasteiger partial charge in [0.1, 0.15) is 0 Å². The van der Waals surface area contributed by atoms with Crippen LogP contribution in [0.15, 0.2) is 78.5 Å². The van der Waals surface area contributed by atoms with Crippen molar-refractivity contribution in [1.29, 1.82) is 5.41 Å². The van der Waals surface area contributed by atoms with E-state index < -0.39 is 0 Å². The fraction of sp³-hybridized carbons (Fsp3) is 0.323. The maximum Gasteiger partial charge on any atom is 0.0923 e. The van der Waals surface area contributed by atoms with Crippen molar-refractivity contribution in [3.05, 3.63) is 90.3 Å². The van der Waals surface area contributed by atoms with Crippen LogP contribution in [0.2, 0.25) is 0 Å². The van der Waals surface area contributed by atoms with Crippen LogP contribution in [0.3, 0.4) is 0 Å². The molecule has 188 valence electrons. The van der Waals surface area contributed by atoms with E-state index in [1.165, 1.54) is 0 Å². The van der Waals surface area contributed by atoms with Gasteiger partial charge in [-0.3, -0.25) is 4.99 Å². The predicted octanol–water partition coefficient (Wildman–Crippen LogP) is 6.24. The molecular formula is C31H39N5. The number of rotatable bonds is 11. The second-order valence-electron chi connectivity index (χ2n) is 9.88. The summed E-state index contributed by atoms with van der Waals surface area (Å²) in [6.07, 6.45) is 10.6. The van der Waals surface area contributed by atoms with Crippen LogP contribution in [0.4, 0.5) is 0 Å². The van der Waals surface area contributed by atoms with E-state index in [2.05, 4.69) is 48.6 Å². The van der Waals surface area contributed by atoms with Gasteiger partial charge in [-0.2, -0.15) is 0 Å². The van der Waals surface area contributed by atoms with E-state index in [9.17, 15) is 0 Å². The number of hydrogen-bond donors (Lipinski definition) is 2. The topological polar surface area (TPSA) is 78.4 Å². The Hall–Kier alpha value is -3.57. The highest BCUT2D eigenvalue weighted by molar-refractivity contribution is 6.15. The molecule has 0 saturated heterocycles. The summed E-state index contributed by atoms with van der Waals surface area (Å²) in [7, 11) is 5.75. The highest BCUT2D eigenvalue weighted by atomic mass is 15.0. The molecule has 1 fully saturated rings. The first-order chi connectivity index (χ1) is 17.2. The largest absolute Gasteiger partial charge is 0.383 e. The number of aliphatic imine (C=N–C) groups is 1. The number of benzene rings is 1. The number of allylic oxidation sites excluding steroid dienone is 5. The lowest BCUT2D eigenvalue weighted by atomic mass is 9.72. The van der Waals surface area contributed by atoms with Gasteiger partial charge in [-0.1, -0.05) is 49.1 Å². The van der Waals surface area contributed by atoms with Gasteiger partial charge < -0.3 is 16.0 Å². The summed E-state index contributed by atoms with van der Waals surface area (Å²) in [5.41, 5.74) is 13.8. The normalized spacial score (nSPS) is 18.1. The zero-order chi connectivity index (χ0) is 26.2. The highest BCUT2D eigenvalue weighted by Gasteiger charge is 2.29. The Labute approximate surface area is 216 Å². The minimum absolute atomic E-state index is 0.493. The second kappa shape index (κ2) is 12.4. The third-order valence-corrected chi connectivity index (χ3v) is 6.43. The summed E-state index contributed by atoms with van der Waals surface area (Å²) in [5.74, 6) is 1.08. The van der Waals surface area contributed by atoms with E-state index in [1.54, 1.807) is 7.05 Å². The Morgan fingerprint density at radius 2 is 1.94 bits per heavy atom. The summed E-state index contributed by atoms with van der Waals surface area (Å²) >= 11 is 0. The number of nitrogens with zero attached hydrogens (tertiary/aromatic N) is 3. The van der Waals surface area contributed by atoms with Crippen LogP contribution in [0.25, 0.3) is 22.4 Å². The quantitative estimate of drug-likeness (QED) is 0.294. The number of pyridine rings is 1. The molecule has 1 aliphatic carbocycles. The van der Waals surface area contributed by atoms with E-state index in [4.69, 9.17) is 16.1 Å². The van der Waals surface area contributed by atoms with Crippen LogP contribution < -0.4 is 5.73 Å². The lowest BCUT2D eigenvalue weighted by Crippen LogP contribution is -2.31.